The first kappa shape index (κ1) is 21.1. The van der Waals surface area contributed by atoms with Crippen LogP contribution in [0.15, 0.2) is 47.8 Å². The van der Waals surface area contributed by atoms with E-state index in [2.05, 4.69) is 16.8 Å². The summed E-state index contributed by atoms with van der Waals surface area (Å²) in [5.41, 5.74) is 3.01. The fraction of sp³-hybridized carbons (Fsp3) is 0.167. The van der Waals surface area contributed by atoms with Crippen molar-refractivity contribution in [2.75, 3.05) is 11.9 Å². The largest absolute Gasteiger partial charge is 0.334 e. The van der Waals surface area contributed by atoms with E-state index in [0.29, 0.717) is 49.9 Å². The summed E-state index contributed by atoms with van der Waals surface area (Å²) in [5, 5.41) is 5.88. The maximum atomic E-state index is 13.5. The SMILES string of the molecule is Cc1c(NC(=O)c2sc3cc(F)ccc3c2Cl)cccc1C(=O)N1CCc2sccc2C1. The lowest BCUT2D eigenvalue weighted by atomic mass is 10.0. The van der Waals surface area contributed by atoms with E-state index in [9.17, 15) is 14.0 Å². The van der Waals surface area contributed by atoms with E-state index in [-0.39, 0.29) is 17.6 Å². The second kappa shape index (κ2) is 8.31. The summed E-state index contributed by atoms with van der Waals surface area (Å²) in [6.07, 6.45) is 0.860. The zero-order valence-electron chi connectivity index (χ0n) is 17.1. The molecule has 162 valence electrons. The number of hydrogen-bond acceptors (Lipinski definition) is 4. The molecule has 0 radical (unpaired) electrons. The quantitative estimate of drug-likeness (QED) is 0.360. The number of carbonyl (C=O) groups is 2. The molecule has 4 nitrogen and oxygen atoms in total. The fourth-order valence-electron chi connectivity index (χ4n) is 3.96. The number of anilines is 1. The Labute approximate surface area is 197 Å². The van der Waals surface area contributed by atoms with Crippen molar-refractivity contribution in [2.45, 2.75) is 19.9 Å². The number of carbonyl (C=O) groups excluding carboxylic acids is 2. The van der Waals surface area contributed by atoms with Crippen molar-refractivity contribution in [3.63, 3.8) is 0 Å². The van der Waals surface area contributed by atoms with Gasteiger partial charge in [0.2, 0.25) is 0 Å². The molecule has 2 aromatic carbocycles. The summed E-state index contributed by atoms with van der Waals surface area (Å²) in [6, 6.07) is 11.6. The highest BCUT2D eigenvalue weighted by atomic mass is 35.5. The Balaban J connectivity index is 1.40. The van der Waals surface area contributed by atoms with Crippen LogP contribution in [0.25, 0.3) is 10.1 Å². The third-order valence-electron chi connectivity index (χ3n) is 5.71. The van der Waals surface area contributed by atoms with Crippen LogP contribution in [0.2, 0.25) is 5.02 Å². The summed E-state index contributed by atoms with van der Waals surface area (Å²) in [6.45, 7) is 3.10. The zero-order chi connectivity index (χ0) is 22.4. The van der Waals surface area contributed by atoms with Crippen LogP contribution in [0.3, 0.4) is 0 Å². The molecular weight excluding hydrogens is 467 g/mol. The molecule has 0 aliphatic carbocycles. The lowest BCUT2D eigenvalue weighted by Gasteiger charge is -2.28. The normalized spacial score (nSPS) is 13.3. The fourth-order valence-corrected chi connectivity index (χ4v) is 6.29. The van der Waals surface area contributed by atoms with Crippen LogP contribution in [0.4, 0.5) is 10.1 Å². The Bertz CT molecular complexity index is 1380. The van der Waals surface area contributed by atoms with Crippen molar-refractivity contribution in [2.24, 2.45) is 0 Å². The van der Waals surface area contributed by atoms with Gasteiger partial charge in [-0.25, -0.2) is 4.39 Å². The van der Waals surface area contributed by atoms with E-state index in [1.165, 1.54) is 22.6 Å². The molecule has 0 fully saturated rings. The van der Waals surface area contributed by atoms with Crippen molar-refractivity contribution >= 4 is 61.9 Å². The van der Waals surface area contributed by atoms with E-state index in [0.717, 1.165) is 17.8 Å². The van der Waals surface area contributed by atoms with Crippen molar-refractivity contribution in [1.29, 1.82) is 0 Å². The zero-order valence-corrected chi connectivity index (χ0v) is 19.5. The summed E-state index contributed by atoms with van der Waals surface area (Å²) in [4.78, 5) is 29.7. The Hall–Kier alpha value is -2.74. The number of fused-ring (bicyclic) bond motifs is 2. The van der Waals surface area contributed by atoms with Gasteiger partial charge in [-0.05, 0) is 66.2 Å². The van der Waals surface area contributed by atoms with Crippen molar-refractivity contribution in [3.8, 4) is 0 Å². The minimum atomic E-state index is -0.384. The van der Waals surface area contributed by atoms with Gasteiger partial charge in [0, 0.05) is 39.3 Å². The van der Waals surface area contributed by atoms with Gasteiger partial charge in [0.1, 0.15) is 10.7 Å². The highest BCUT2D eigenvalue weighted by Gasteiger charge is 2.25. The number of amides is 2. The Kier molecular flexibility index (Phi) is 5.49. The molecule has 0 saturated heterocycles. The molecular formula is C24H18ClFN2O2S2. The van der Waals surface area contributed by atoms with E-state index in [1.807, 2.05) is 11.8 Å². The molecule has 1 N–H and O–H groups in total. The van der Waals surface area contributed by atoms with Crippen molar-refractivity contribution < 1.29 is 14.0 Å². The molecule has 1 aliphatic heterocycles. The lowest BCUT2D eigenvalue weighted by molar-refractivity contribution is 0.0735. The molecule has 0 atom stereocenters. The van der Waals surface area contributed by atoms with E-state index in [1.54, 1.807) is 35.6 Å². The summed E-state index contributed by atoms with van der Waals surface area (Å²) in [5.74, 6) is -0.812. The summed E-state index contributed by atoms with van der Waals surface area (Å²) >= 11 is 9.27. The number of thiophene rings is 2. The number of rotatable bonds is 3. The Morgan fingerprint density at radius 3 is 2.88 bits per heavy atom. The molecule has 32 heavy (non-hydrogen) atoms. The van der Waals surface area contributed by atoms with E-state index >= 15 is 0 Å². The summed E-state index contributed by atoms with van der Waals surface area (Å²) < 4.78 is 14.2. The van der Waals surface area contributed by atoms with E-state index in [4.69, 9.17) is 11.6 Å². The van der Waals surface area contributed by atoms with Gasteiger partial charge in [-0.15, -0.1) is 22.7 Å². The minimum Gasteiger partial charge on any atom is -0.334 e. The number of nitrogens with zero attached hydrogens (tertiary/aromatic N) is 1. The van der Waals surface area contributed by atoms with Crippen LogP contribution in [0, 0.1) is 12.7 Å². The van der Waals surface area contributed by atoms with Crippen LogP contribution in [-0.2, 0) is 13.0 Å². The Morgan fingerprint density at radius 2 is 2.03 bits per heavy atom. The number of nitrogens with one attached hydrogen (secondary N) is 1. The molecule has 2 aromatic heterocycles. The first-order chi connectivity index (χ1) is 15.4. The molecule has 0 saturated carbocycles. The topological polar surface area (TPSA) is 49.4 Å². The van der Waals surface area contributed by atoms with Gasteiger partial charge < -0.3 is 10.2 Å². The molecule has 8 heteroatoms. The van der Waals surface area contributed by atoms with Gasteiger partial charge in [-0.3, -0.25) is 9.59 Å². The predicted octanol–water partition coefficient (Wildman–Crippen LogP) is 6.51. The van der Waals surface area contributed by atoms with Crippen LogP contribution in [-0.4, -0.2) is 23.3 Å². The lowest BCUT2D eigenvalue weighted by Crippen LogP contribution is -2.35. The number of halogens is 2. The van der Waals surface area contributed by atoms with Gasteiger partial charge in [-0.1, -0.05) is 17.7 Å². The highest BCUT2D eigenvalue weighted by Crippen LogP contribution is 2.36. The van der Waals surface area contributed by atoms with Gasteiger partial charge >= 0.3 is 0 Å². The predicted molar refractivity (Wildman–Crippen MR) is 129 cm³/mol. The molecule has 0 unspecified atom stereocenters. The molecule has 3 heterocycles. The minimum absolute atomic E-state index is 0.0502. The second-order valence-corrected chi connectivity index (χ2v) is 10.1. The smallest absolute Gasteiger partial charge is 0.267 e. The molecule has 1 aliphatic rings. The maximum Gasteiger partial charge on any atom is 0.267 e. The molecule has 5 rings (SSSR count). The average molecular weight is 485 g/mol. The standard InChI is InChI=1S/C24H18ClFN2O2S2/c1-13-16(24(30)28-9-7-19-14(12-28)8-10-31-19)3-2-4-18(13)27-23(29)22-21(25)17-6-5-15(26)11-20(17)32-22/h2-6,8,10-11H,7,9,12H2,1H3,(H,27,29). The number of hydrogen-bond donors (Lipinski definition) is 1. The summed E-state index contributed by atoms with van der Waals surface area (Å²) in [7, 11) is 0. The van der Waals surface area contributed by atoms with Crippen molar-refractivity contribution in [3.05, 3.63) is 85.1 Å². The van der Waals surface area contributed by atoms with Crippen LogP contribution < -0.4 is 5.32 Å². The molecule has 4 aromatic rings. The molecule has 0 spiro atoms. The van der Waals surface area contributed by atoms with Crippen LogP contribution in [0.1, 0.15) is 36.0 Å². The monoisotopic (exact) mass is 484 g/mol. The van der Waals surface area contributed by atoms with E-state index < -0.39 is 0 Å². The first-order valence-corrected chi connectivity index (χ1v) is 12.1. The van der Waals surface area contributed by atoms with Crippen molar-refractivity contribution in [1.82, 2.24) is 4.90 Å². The average Bonchev–Trinajstić information content (AvgIpc) is 3.38. The van der Waals surface area contributed by atoms with Crippen LogP contribution >= 0.6 is 34.3 Å². The third-order valence-corrected chi connectivity index (χ3v) is 8.38. The number of benzene rings is 2. The van der Waals surface area contributed by atoms with Gasteiger partial charge in [0.05, 0.1) is 5.02 Å². The van der Waals surface area contributed by atoms with Gasteiger partial charge in [-0.2, -0.15) is 0 Å². The third kappa shape index (κ3) is 3.70. The first-order valence-electron chi connectivity index (χ1n) is 10.1. The van der Waals surface area contributed by atoms with Gasteiger partial charge in [0.25, 0.3) is 11.8 Å². The van der Waals surface area contributed by atoms with Gasteiger partial charge in [0.15, 0.2) is 0 Å². The second-order valence-electron chi connectivity index (χ2n) is 7.66. The molecule has 0 bridgehead atoms. The Morgan fingerprint density at radius 1 is 1.19 bits per heavy atom. The van der Waals surface area contributed by atoms with Crippen LogP contribution in [0.5, 0.6) is 0 Å². The maximum absolute atomic E-state index is 13.5. The molecule has 2 amide bonds. The highest BCUT2D eigenvalue weighted by molar-refractivity contribution is 7.21.